The first-order valence-electron chi connectivity index (χ1n) is 7.41. The summed E-state index contributed by atoms with van der Waals surface area (Å²) in [5.41, 5.74) is -0.147. The van der Waals surface area contributed by atoms with Gasteiger partial charge < -0.3 is 19.0 Å². The first-order chi connectivity index (χ1) is 11.4. The molecule has 124 valence electrons. The number of amides is 1. The molecule has 0 bridgehead atoms. The molecule has 0 unspecified atom stereocenters. The van der Waals surface area contributed by atoms with Gasteiger partial charge in [-0.2, -0.15) is 0 Å². The predicted octanol–water partition coefficient (Wildman–Crippen LogP) is 3.13. The minimum atomic E-state index is -0.620. The molecule has 7 nitrogen and oxygen atoms in total. The highest BCUT2D eigenvalue weighted by molar-refractivity contribution is 6.11. The van der Waals surface area contributed by atoms with Crippen LogP contribution in [0.15, 0.2) is 44.1 Å². The minimum Gasteiger partial charge on any atom is -0.491 e. The van der Waals surface area contributed by atoms with Crippen LogP contribution in [-0.2, 0) is 0 Å². The molecular weight excluding hydrogens is 312 g/mol. The summed E-state index contributed by atoms with van der Waals surface area (Å²) < 4.78 is 15.7. The SMILES string of the molecule is Cc1cc(NC(=O)c2cc(=O)oc3cc(OC(C)C)ccc23)no1. The van der Waals surface area contributed by atoms with E-state index >= 15 is 0 Å². The molecule has 0 aliphatic heterocycles. The van der Waals surface area contributed by atoms with Crippen molar-refractivity contribution >= 4 is 22.7 Å². The average Bonchev–Trinajstić information content (AvgIpc) is 2.90. The molecule has 2 heterocycles. The Morgan fingerprint density at radius 1 is 1.25 bits per heavy atom. The van der Waals surface area contributed by atoms with E-state index in [4.69, 9.17) is 13.7 Å². The highest BCUT2D eigenvalue weighted by atomic mass is 16.5. The van der Waals surface area contributed by atoms with Crippen molar-refractivity contribution in [3.63, 3.8) is 0 Å². The van der Waals surface area contributed by atoms with Crippen molar-refractivity contribution in [2.75, 3.05) is 5.32 Å². The zero-order valence-electron chi connectivity index (χ0n) is 13.5. The monoisotopic (exact) mass is 328 g/mol. The van der Waals surface area contributed by atoms with Crippen molar-refractivity contribution < 1.29 is 18.5 Å². The number of carbonyl (C=O) groups is 1. The van der Waals surface area contributed by atoms with Crippen LogP contribution in [0.1, 0.15) is 30.0 Å². The number of benzene rings is 1. The van der Waals surface area contributed by atoms with Gasteiger partial charge >= 0.3 is 5.63 Å². The number of nitrogens with zero attached hydrogens (tertiary/aromatic N) is 1. The molecule has 1 aromatic carbocycles. The lowest BCUT2D eigenvalue weighted by Crippen LogP contribution is -2.15. The molecule has 7 heteroatoms. The van der Waals surface area contributed by atoms with E-state index in [1.807, 2.05) is 13.8 Å². The maximum absolute atomic E-state index is 12.4. The molecule has 3 rings (SSSR count). The van der Waals surface area contributed by atoms with Gasteiger partial charge in [-0.1, -0.05) is 5.16 Å². The lowest BCUT2D eigenvalue weighted by atomic mass is 10.1. The highest BCUT2D eigenvalue weighted by Gasteiger charge is 2.15. The number of nitrogens with one attached hydrogen (secondary N) is 1. The number of rotatable bonds is 4. The molecule has 0 aliphatic carbocycles. The van der Waals surface area contributed by atoms with E-state index in [1.165, 1.54) is 0 Å². The van der Waals surface area contributed by atoms with E-state index in [2.05, 4.69) is 10.5 Å². The maximum atomic E-state index is 12.4. The third-order valence-corrected chi connectivity index (χ3v) is 3.20. The largest absolute Gasteiger partial charge is 0.491 e. The molecule has 3 aromatic rings. The number of fused-ring (bicyclic) bond motifs is 1. The molecule has 24 heavy (non-hydrogen) atoms. The predicted molar refractivity (Wildman–Crippen MR) is 87.4 cm³/mol. The lowest BCUT2D eigenvalue weighted by Gasteiger charge is -2.10. The van der Waals surface area contributed by atoms with Gasteiger partial charge in [0, 0.05) is 23.6 Å². The first-order valence-corrected chi connectivity index (χ1v) is 7.41. The number of carbonyl (C=O) groups excluding carboxylic acids is 1. The zero-order chi connectivity index (χ0) is 17.3. The molecule has 0 saturated heterocycles. The molecule has 0 fully saturated rings. The number of aryl methyl sites for hydroxylation is 1. The van der Waals surface area contributed by atoms with Crippen molar-refractivity contribution in [3.8, 4) is 5.75 Å². The van der Waals surface area contributed by atoms with Crippen molar-refractivity contribution in [2.24, 2.45) is 0 Å². The number of ether oxygens (including phenoxy) is 1. The fraction of sp³-hybridized carbons (Fsp3) is 0.235. The number of hydrogen-bond acceptors (Lipinski definition) is 6. The van der Waals surface area contributed by atoms with Gasteiger partial charge in [0.25, 0.3) is 5.91 Å². The molecular formula is C17H16N2O5. The van der Waals surface area contributed by atoms with E-state index in [-0.39, 0.29) is 23.1 Å². The Kier molecular flexibility index (Phi) is 4.07. The second-order valence-corrected chi connectivity index (χ2v) is 5.58. The van der Waals surface area contributed by atoms with Crippen LogP contribution in [0.4, 0.5) is 5.82 Å². The van der Waals surface area contributed by atoms with Crippen molar-refractivity contribution in [3.05, 3.63) is 52.1 Å². The summed E-state index contributed by atoms with van der Waals surface area (Å²) in [6.07, 6.45) is -0.0175. The summed E-state index contributed by atoms with van der Waals surface area (Å²) in [5, 5.41) is 6.79. The van der Waals surface area contributed by atoms with E-state index in [0.717, 1.165) is 6.07 Å². The van der Waals surface area contributed by atoms with Gasteiger partial charge in [-0.25, -0.2) is 4.79 Å². The molecule has 0 atom stereocenters. The van der Waals surface area contributed by atoms with Gasteiger partial charge in [0.2, 0.25) is 0 Å². The number of hydrogen-bond donors (Lipinski definition) is 1. The van der Waals surface area contributed by atoms with E-state index < -0.39 is 11.5 Å². The van der Waals surface area contributed by atoms with E-state index in [0.29, 0.717) is 16.9 Å². The lowest BCUT2D eigenvalue weighted by molar-refractivity contribution is 0.102. The van der Waals surface area contributed by atoms with Gasteiger partial charge in [0.15, 0.2) is 5.82 Å². The number of anilines is 1. The van der Waals surface area contributed by atoms with Crippen LogP contribution < -0.4 is 15.7 Å². The Balaban J connectivity index is 2.00. The second-order valence-electron chi connectivity index (χ2n) is 5.58. The molecule has 0 radical (unpaired) electrons. The van der Waals surface area contributed by atoms with Crippen LogP contribution in [0.25, 0.3) is 11.0 Å². The van der Waals surface area contributed by atoms with Crippen LogP contribution >= 0.6 is 0 Å². The van der Waals surface area contributed by atoms with E-state index in [9.17, 15) is 9.59 Å². The van der Waals surface area contributed by atoms with Crippen LogP contribution in [0.2, 0.25) is 0 Å². The van der Waals surface area contributed by atoms with Crippen molar-refractivity contribution in [2.45, 2.75) is 26.9 Å². The van der Waals surface area contributed by atoms with Gasteiger partial charge in [-0.3, -0.25) is 4.79 Å². The maximum Gasteiger partial charge on any atom is 0.337 e. The summed E-state index contributed by atoms with van der Waals surface area (Å²) in [6, 6.07) is 7.72. The zero-order valence-corrected chi connectivity index (χ0v) is 13.5. The third-order valence-electron chi connectivity index (χ3n) is 3.20. The van der Waals surface area contributed by atoms with Crippen LogP contribution in [0.3, 0.4) is 0 Å². The van der Waals surface area contributed by atoms with Crippen LogP contribution in [0.5, 0.6) is 5.75 Å². The van der Waals surface area contributed by atoms with Gasteiger partial charge in [0.1, 0.15) is 17.1 Å². The second kappa shape index (κ2) is 6.19. The van der Waals surface area contributed by atoms with Crippen molar-refractivity contribution in [1.29, 1.82) is 0 Å². The fourth-order valence-electron chi connectivity index (χ4n) is 2.29. The Morgan fingerprint density at radius 2 is 2.04 bits per heavy atom. The standard InChI is InChI=1S/C17H16N2O5/c1-9(2)22-11-4-5-12-13(8-16(20)23-14(12)7-11)17(21)18-15-6-10(3)24-19-15/h4-9H,1-3H3,(H,18,19,21). The molecule has 0 saturated carbocycles. The normalized spacial score (nSPS) is 11.0. The van der Waals surface area contributed by atoms with Crippen LogP contribution in [0, 0.1) is 6.92 Å². The topological polar surface area (TPSA) is 94.6 Å². The number of aromatic nitrogens is 1. The van der Waals surface area contributed by atoms with Gasteiger partial charge in [-0.15, -0.1) is 0 Å². The summed E-state index contributed by atoms with van der Waals surface area (Å²) >= 11 is 0. The molecule has 0 aliphatic rings. The van der Waals surface area contributed by atoms with E-state index in [1.54, 1.807) is 31.2 Å². The Hall–Kier alpha value is -3.09. The minimum absolute atomic E-state index is 0.0175. The van der Waals surface area contributed by atoms with Crippen LogP contribution in [-0.4, -0.2) is 17.2 Å². The smallest absolute Gasteiger partial charge is 0.337 e. The Morgan fingerprint density at radius 3 is 2.71 bits per heavy atom. The Labute approximate surface area is 137 Å². The van der Waals surface area contributed by atoms with Crippen molar-refractivity contribution in [1.82, 2.24) is 5.16 Å². The molecule has 0 spiro atoms. The first kappa shape index (κ1) is 15.8. The summed E-state index contributed by atoms with van der Waals surface area (Å²) in [4.78, 5) is 24.2. The third kappa shape index (κ3) is 3.29. The summed E-state index contributed by atoms with van der Waals surface area (Å²) in [7, 11) is 0. The Bertz CT molecular complexity index is 955. The molecule has 1 N–H and O–H groups in total. The summed E-state index contributed by atoms with van der Waals surface area (Å²) in [6.45, 7) is 5.50. The summed E-state index contributed by atoms with van der Waals surface area (Å²) in [5.74, 6) is 0.931. The average molecular weight is 328 g/mol. The highest BCUT2D eigenvalue weighted by Crippen LogP contribution is 2.24. The molecule has 1 amide bonds. The fourth-order valence-corrected chi connectivity index (χ4v) is 2.29. The molecule has 2 aromatic heterocycles. The van der Waals surface area contributed by atoms with Gasteiger partial charge in [-0.05, 0) is 32.9 Å². The quantitative estimate of drug-likeness (QED) is 0.739. The van der Waals surface area contributed by atoms with Gasteiger partial charge in [0.05, 0.1) is 11.7 Å².